The van der Waals surface area contributed by atoms with Gasteiger partial charge in [-0.05, 0) is 42.7 Å². The fourth-order valence-corrected chi connectivity index (χ4v) is 2.39. The average molecular weight is 338 g/mol. The van der Waals surface area contributed by atoms with E-state index in [4.69, 9.17) is 0 Å². The Balaban J connectivity index is 1.46. The number of fused-ring (bicyclic) bond motifs is 1. The molecule has 8 nitrogen and oxygen atoms in total. The van der Waals surface area contributed by atoms with Gasteiger partial charge in [-0.25, -0.2) is 9.50 Å². The van der Waals surface area contributed by atoms with Crippen molar-refractivity contribution < 1.29 is 9.59 Å². The number of hydrogen-bond donors (Lipinski definition) is 2. The maximum atomic E-state index is 12.1. The summed E-state index contributed by atoms with van der Waals surface area (Å²) in [5.74, 6) is 0.287. The molecular formula is C17H18N6O2. The lowest BCUT2D eigenvalue weighted by molar-refractivity contribution is -0.114. The van der Waals surface area contributed by atoms with Gasteiger partial charge in [-0.3, -0.25) is 9.59 Å². The van der Waals surface area contributed by atoms with E-state index >= 15 is 0 Å². The first-order valence-corrected chi connectivity index (χ1v) is 7.92. The lowest BCUT2D eigenvalue weighted by Gasteiger charge is -2.07. The van der Waals surface area contributed by atoms with Crippen LogP contribution in [-0.4, -0.2) is 37.9 Å². The number of nitrogens with one attached hydrogen (secondary N) is 2. The minimum Gasteiger partial charge on any atom is -0.352 e. The highest BCUT2D eigenvalue weighted by Crippen LogP contribution is 2.09. The molecule has 1 aromatic carbocycles. The van der Waals surface area contributed by atoms with E-state index in [2.05, 4.69) is 25.7 Å². The molecule has 0 radical (unpaired) electrons. The number of aromatic nitrogens is 4. The zero-order valence-corrected chi connectivity index (χ0v) is 13.8. The third-order valence-corrected chi connectivity index (χ3v) is 3.58. The molecular weight excluding hydrogens is 320 g/mol. The number of aryl methyl sites for hydroxylation is 1. The minimum absolute atomic E-state index is 0.140. The van der Waals surface area contributed by atoms with E-state index in [0.717, 1.165) is 18.4 Å². The molecule has 0 spiro atoms. The second-order valence-corrected chi connectivity index (χ2v) is 5.58. The lowest BCUT2D eigenvalue weighted by Crippen LogP contribution is -2.24. The first-order valence-electron chi connectivity index (χ1n) is 7.92. The van der Waals surface area contributed by atoms with Crippen LogP contribution in [0.15, 0.2) is 43.0 Å². The van der Waals surface area contributed by atoms with Crippen LogP contribution in [0.25, 0.3) is 5.78 Å². The molecule has 0 fully saturated rings. The van der Waals surface area contributed by atoms with Gasteiger partial charge in [0.15, 0.2) is 0 Å². The largest absolute Gasteiger partial charge is 0.352 e. The molecule has 0 aliphatic carbocycles. The zero-order valence-electron chi connectivity index (χ0n) is 13.8. The standard InChI is InChI=1S/C17H18N6O2/c1-12(24)22-15-6-4-14(5-7-15)16(25)18-8-2-3-13-9-19-17-20-11-21-23(17)10-13/h4-7,9-11H,2-3,8H2,1H3,(H,18,25)(H,22,24). The second kappa shape index (κ2) is 7.52. The highest BCUT2D eigenvalue weighted by atomic mass is 16.2. The van der Waals surface area contributed by atoms with Crippen molar-refractivity contribution in [3.05, 3.63) is 54.1 Å². The number of carbonyl (C=O) groups excluding carboxylic acids is 2. The summed E-state index contributed by atoms with van der Waals surface area (Å²) >= 11 is 0. The van der Waals surface area contributed by atoms with Gasteiger partial charge in [-0.1, -0.05) is 0 Å². The van der Waals surface area contributed by atoms with Gasteiger partial charge in [0.2, 0.25) is 5.91 Å². The molecule has 3 aromatic rings. The van der Waals surface area contributed by atoms with E-state index in [-0.39, 0.29) is 11.8 Å². The maximum Gasteiger partial charge on any atom is 0.252 e. The fourth-order valence-electron chi connectivity index (χ4n) is 2.39. The number of rotatable bonds is 6. The number of amides is 2. The molecule has 2 heterocycles. The van der Waals surface area contributed by atoms with Crippen molar-refractivity contribution in [1.82, 2.24) is 24.9 Å². The molecule has 0 atom stereocenters. The summed E-state index contributed by atoms with van der Waals surface area (Å²) in [6.45, 7) is 2.00. The number of carbonyl (C=O) groups is 2. The van der Waals surface area contributed by atoms with Crippen LogP contribution in [0.2, 0.25) is 0 Å². The van der Waals surface area contributed by atoms with Crippen LogP contribution < -0.4 is 10.6 Å². The van der Waals surface area contributed by atoms with Crippen molar-refractivity contribution in [2.24, 2.45) is 0 Å². The third-order valence-electron chi connectivity index (χ3n) is 3.58. The molecule has 8 heteroatoms. The fraction of sp³-hybridized carbons (Fsp3) is 0.235. The van der Waals surface area contributed by atoms with Crippen molar-refractivity contribution in [2.45, 2.75) is 19.8 Å². The summed E-state index contributed by atoms with van der Waals surface area (Å²) in [7, 11) is 0. The number of anilines is 1. The molecule has 0 aliphatic rings. The van der Waals surface area contributed by atoms with Crippen LogP contribution in [0.1, 0.15) is 29.3 Å². The number of benzene rings is 1. The van der Waals surface area contributed by atoms with Gasteiger partial charge in [0.05, 0.1) is 0 Å². The lowest BCUT2D eigenvalue weighted by atomic mass is 10.1. The Kier molecular flexibility index (Phi) is 4.98. The van der Waals surface area contributed by atoms with Gasteiger partial charge in [0.1, 0.15) is 6.33 Å². The molecule has 0 aliphatic heterocycles. The average Bonchev–Trinajstić information content (AvgIpc) is 3.06. The summed E-state index contributed by atoms with van der Waals surface area (Å²) in [6.07, 6.45) is 6.69. The van der Waals surface area contributed by atoms with Gasteiger partial charge in [0, 0.05) is 37.1 Å². The van der Waals surface area contributed by atoms with Gasteiger partial charge in [0.25, 0.3) is 11.7 Å². The molecule has 2 N–H and O–H groups in total. The predicted octanol–water partition coefficient (Wildman–Crippen LogP) is 1.45. The van der Waals surface area contributed by atoms with Crippen molar-refractivity contribution in [2.75, 3.05) is 11.9 Å². The van der Waals surface area contributed by atoms with Crippen LogP contribution in [0.5, 0.6) is 0 Å². The maximum absolute atomic E-state index is 12.1. The van der Waals surface area contributed by atoms with E-state index < -0.39 is 0 Å². The number of hydrogen-bond acceptors (Lipinski definition) is 5. The highest BCUT2D eigenvalue weighted by molar-refractivity contribution is 5.95. The number of nitrogens with zero attached hydrogens (tertiary/aromatic N) is 4. The van der Waals surface area contributed by atoms with Gasteiger partial charge >= 0.3 is 0 Å². The van der Waals surface area contributed by atoms with Crippen LogP contribution in [-0.2, 0) is 11.2 Å². The van der Waals surface area contributed by atoms with E-state index in [9.17, 15) is 9.59 Å². The summed E-state index contributed by atoms with van der Waals surface area (Å²) in [6, 6.07) is 6.77. The zero-order chi connectivity index (χ0) is 17.6. The van der Waals surface area contributed by atoms with Crippen LogP contribution in [0, 0.1) is 0 Å². The molecule has 25 heavy (non-hydrogen) atoms. The van der Waals surface area contributed by atoms with Crippen LogP contribution >= 0.6 is 0 Å². The molecule has 3 rings (SSSR count). The first kappa shape index (κ1) is 16.6. The van der Waals surface area contributed by atoms with Crippen molar-refractivity contribution in [1.29, 1.82) is 0 Å². The monoisotopic (exact) mass is 338 g/mol. The van der Waals surface area contributed by atoms with E-state index in [0.29, 0.717) is 23.6 Å². The summed E-state index contributed by atoms with van der Waals surface area (Å²) < 4.78 is 1.63. The normalized spacial score (nSPS) is 10.6. The van der Waals surface area contributed by atoms with E-state index in [1.807, 2.05) is 6.20 Å². The van der Waals surface area contributed by atoms with Crippen molar-refractivity contribution in [3.8, 4) is 0 Å². The molecule has 2 amide bonds. The quantitative estimate of drug-likeness (QED) is 0.662. The van der Waals surface area contributed by atoms with Crippen molar-refractivity contribution in [3.63, 3.8) is 0 Å². The van der Waals surface area contributed by atoms with Crippen LogP contribution in [0.4, 0.5) is 5.69 Å². The smallest absolute Gasteiger partial charge is 0.252 e. The Hall–Kier alpha value is -3.29. The molecule has 0 saturated carbocycles. The molecule has 128 valence electrons. The van der Waals surface area contributed by atoms with Crippen molar-refractivity contribution >= 4 is 23.3 Å². The Bertz CT molecular complexity index is 888. The molecule has 0 bridgehead atoms. The predicted molar refractivity (Wildman–Crippen MR) is 92.2 cm³/mol. The first-order chi connectivity index (χ1) is 12.1. The van der Waals surface area contributed by atoms with E-state index in [1.54, 1.807) is 35.0 Å². The SMILES string of the molecule is CC(=O)Nc1ccc(C(=O)NCCCc2cnc3ncnn3c2)cc1. The van der Waals surface area contributed by atoms with E-state index in [1.165, 1.54) is 13.3 Å². The summed E-state index contributed by atoms with van der Waals surface area (Å²) in [5, 5.41) is 9.59. The minimum atomic E-state index is -0.143. The van der Waals surface area contributed by atoms with Gasteiger partial charge < -0.3 is 10.6 Å². The Labute approximate surface area is 144 Å². The van der Waals surface area contributed by atoms with Crippen LogP contribution in [0.3, 0.4) is 0 Å². The second-order valence-electron chi connectivity index (χ2n) is 5.58. The molecule has 2 aromatic heterocycles. The summed E-state index contributed by atoms with van der Waals surface area (Å²) in [5.41, 5.74) is 2.26. The Morgan fingerprint density at radius 3 is 2.72 bits per heavy atom. The molecule has 0 unspecified atom stereocenters. The third kappa shape index (κ3) is 4.37. The Morgan fingerprint density at radius 2 is 1.96 bits per heavy atom. The summed E-state index contributed by atoms with van der Waals surface area (Å²) in [4.78, 5) is 31.3. The van der Waals surface area contributed by atoms with Gasteiger partial charge in [-0.15, -0.1) is 0 Å². The Morgan fingerprint density at radius 1 is 1.16 bits per heavy atom. The molecule has 0 saturated heterocycles. The topological polar surface area (TPSA) is 101 Å². The van der Waals surface area contributed by atoms with Gasteiger partial charge in [-0.2, -0.15) is 10.1 Å². The highest BCUT2D eigenvalue weighted by Gasteiger charge is 2.05.